The second-order valence-electron chi connectivity index (χ2n) is 5.56. The summed E-state index contributed by atoms with van der Waals surface area (Å²) < 4.78 is 22.2. The summed E-state index contributed by atoms with van der Waals surface area (Å²) in [5, 5.41) is 10.4. The van der Waals surface area contributed by atoms with Crippen molar-refractivity contribution >= 4 is 9.84 Å². The SMILES string of the molecule is CS(=O)(=O)CCC1(O)CC2CCC(C2)C1. The summed E-state index contributed by atoms with van der Waals surface area (Å²) in [5.74, 6) is 1.42. The molecule has 0 amide bonds. The lowest BCUT2D eigenvalue weighted by Gasteiger charge is -2.36. The fourth-order valence-electron chi connectivity index (χ4n) is 3.29. The van der Waals surface area contributed by atoms with Crippen LogP contribution in [0, 0.1) is 11.8 Å². The van der Waals surface area contributed by atoms with E-state index in [9.17, 15) is 13.5 Å². The van der Waals surface area contributed by atoms with Gasteiger partial charge in [-0.3, -0.25) is 0 Å². The van der Waals surface area contributed by atoms with Crippen molar-refractivity contribution in [2.75, 3.05) is 12.0 Å². The van der Waals surface area contributed by atoms with Crippen molar-refractivity contribution in [3.8, 4) is 0 Å². The van der Waals surface area contributed by atoms with Crippen LogP contribution in [0.25, 0.3) is 0 Å². The molecule has 15 heavy (non-hydrogen) atoms. The summed E-state index contributed by atoms with van der Waals surface area (Å²) in [4.78, 5) is 0. The molecule has 0 saturated heterocycles. The molecule has 2 rings (SSSR count). The van der Waals surface area contributed by atoms with Gasteiger partial charge in [0.25, 0.3) is 0 Å². The van der Waals surface area contributed by atoms with Crippen molar-refractivity contribution in [3.05, 3.63) is 0 Å². The van der Waals surface area contributed by atoms with Crippen LogP contribution in [-0.2, 0) is 9.84 Å². The first-order valence-electron chi connectivity index (χ1n) is 5.76. The Balaban J connectivity index is 1.96. The zero-order valence-corrected chi connectivity index (χ0v) is 10.1. The summed E-state index contributed by atoms with van der Waals surface area (Å²) in [5.41, 5.74) is -0.687. The lowest BCUT2D eigenvalue weighted by Crippen LogP contribution is -2.37. The molecule has 0 aliphatic heterocycles. The van der Waals surface area contributed by atoms with Gasteiger partial charge in [-0.2, -0.15) is 0 Å². The minimum Gasteiger partial charge on any atom is -0.390 e. The minimum atomic E-state index is -2.94. The third-order valence-corrected chi connectivity index (χ3v) is 4.87. The smallest absolute Gasteiger partial charge is 0.147 e. The van der Waals surface area contributed by atoms with Gasteiger partial charge in [0.1, 0.15) is 9.84 Å². The van der Waals surface area contributed by atoms with Gasteiger partial charge < -0.3 is 5.11 Å². The van der Waals surface area contributed by atoms with E-state index in [1.54, 1.807) is 0 Å². The number of hydrogen-bond donors (Lipinski definition) is 1. The van der Waals surface area contributed by atoms with E-state index in [0.717, 1.165) is 12.8 Å². The summed E-state index contributed by atoms with van der Waals surface area (Å²) in [6, 6.07) is 0. The molecule has 4 heteroatoms. The Kier molecular flexibility index (Phi) is 2.84. The molecule has 1 N–H and O–H groups in total. The maximum absolute atomic E-state index is 11.1. The molecule has 0 aromatic carbocycles. The van der Waals surface area contributed by atoms with Gasteiger partial charge in [-0.05, 0) is 37.5 Å². The van der Waals surface area contributed by atoms with Crippen LogP contribution in [0.2, 0.25) is 0 Å². The molecular formula is C11H20O3S. The highest BCUT2D eigenvalue weighted by Crippen LogP contribution is 2.47. The molecule has 3 nitrogen and oxygen atoms in total. The third kappa shape index (κ3) is 2.94. The van der Waals surface area contributed by atoms with Gasteiger partial charge >= 0.3 is 0 Å². The van der Waals surface area contributed by atoms with E-state index < -0.39 is 15.4 Å². The average molecular weight is 232 g/mol. The van der Waals surface area contributed by atoms with Crippen LogP contribution in [-0.4, -0.2) is 31.1 Å². The van der Waals surface area contributed by atoms with E-state index >= 15 is 0 Å². The molecule has 2 fully saturated rings. The van der Waals surface area contributed by atoms with E-state index in [0.29, 0.717) is 18.3 Å². The van der Waals surface area contributed by atoms with Gasteiger partial charge in [0.15, 0.2) is 0 Å². The Labute approximate surface area is 91.8 Å². The Morgan fingerprint density at radius 1 is 1.27 bits per heavy atom. The van der Waals surface area contributed by atoms with Crippen LogP contribution < -0.4 is 0 Å². The van der Waals surface area contributed by atoms with Crippen molar-refractivity contribution in [2.45, 2.75) is 44.1 Å². The van der Waals surface area contributed by atoms with E-state index in [1.165, 1.54) is 25.5 Å². The summed E-state index contributed by atoms with van der Waals surface area (Å²) in [6.07, 6.45) is 7.02. The average Bonchev–Trinajstić information content (AvgIpc) is 2.42. The van der Waals surface area contributed by atoms with Crippen LogP contribution in [0.1, 0.15) is 38.5 Å². The Morgan fingerprint density at radius 2 is 1.80 bits per heavy atom. The molecule has 2 saturated carbocycles. The Bertz CT molecular complexity index is 322. The van der Waals surface area contributed by atoms with Gasteiger partial charge in [-0.1, -0.05) is 12.8 Å². The molecule has 0 spiro atoms. The molecule has 2 aliphatic rings. The topological polar surface area (TPSA) is 54.4 Å². The number of hydrogen-bond acceptors (Lipinski definition) is 3. The number of fused-ring (bicyclic) bond motifs is 2. The van der Waals surface area contributed by atoms with Crippen LogP contribution in [0.15, 0.2) is 0 Å². The maximum atomic E-state index is 11.1. The summed E-state index contributed by atoms with van der Waals surface area (Å²) >= 11 is 0. The number of rotatable bonds is 3. The molecule has 2 aliphatic carbocycles. The molecule has 0 aromatic rings. The van der Waals surface area contributed by atoms with E-state index in [-0.39, 0.29) is 5.75 Å². The fraction of sp³-hybridized carbons (Fsp3) is 1.00. The predicted octanol–water partition coefficient (Wildman–Crippen LogP) is 1.36. The fourth-order valence-corrected chi connectivity index (χ4v) is 4.04. The zero-order chi connectivity index (χ0) is 11.1. The second-order valence-corrected chi connectivity index (χ2v) is 7.82. The van der Waals surface area contributed by atoms with Gasteiger partial charge in [-0.15, -0.1) is 0 Å². The highest BCUT2D eigenvalue weighted by molar-refractivity contribution is 7.90. The quantitative estimate of drug-likeness (QED) is 0.799. The van der Waals surface area contributed by atoms with Crippen LogP contribution in [0.5, 0.6) is 0 Å². The van der Waals surface area contributed by atoms with Crippen molar-refractivity contribution < 1.29 is 13.5 Å². The molecule has 0 radical (unpaired) electrons. The predicted molar refractivity (Wildman–Crippen MR) is 59.3 cm³/mol. The van der Waals surface area contributed by atoms with E-state index in [2.05, 4.69) is 0 Å². The van der Waals surface area contributed by atoms with Gasteiger partial charge in [0.2, 0.25) is 0 Å². The maximum Gasteiger partial charge on any atom is 0.147 e. The summed E-state index contributed by atoms with van der Waals surface area (Å²) in [7, 11) is -2.94. The highest BCUT2D eigenvalue weighted by atomic mass is 32.2. The van der Waals surface area contributed by atoms with Crippen molar-refractivity contribution in [1.82, 2.24) is 0 Å². The van der Waals surface area contributed by atoms with E-state index in [4.69, 9.17) is 0 Å². The van der Waals surface area contributed by atoms with Crippen molar-refractivity contribution in [2.24, 2.45) is 11.8 Å². The summed E-state index contributed by atoms with van der Waals surface area (Å²) in [6.45, 7) is 0. The highest BCUT2D eigenvalue weighted by Gasteiger charge is 2.42. The standard InChI is InChI=1S/C11H20O3S/c1-15(13,14)5-4-11(12)7-9-2-3-10(6-9)8-11/h9-10,12H,2-8H2,1H3. The van der Waals surface area contributed by atoms with E-state index in [1.807, 2.05) is 0 Å². The Hall–Kier alpha value is -0.0900. The molecule has 2 unspecified atom stereocenters. The largest absolute Gasteiger partial charge is 0.390 e. The van der Waals surface area contributed by atoms with Crippen LogP contribution >= 0.6 is 0 Å². The van der Waals surface area contributed by atoms with Crippen molar-refractivity contribution in [1.29, 1.82) is 0 Å². The lowest BCUT2D eigenvalue weighted by atomic mass is 9.76. The lowest BCUT2D eigenvalue weighted by molar-refractivity contribution is -0.0226. The minimum absolute atomic E-state index is 0.128. The van der Waals surface area contributed by atoms with Gasteiger partial charge in [0.05, 0.1) is 11.4 Å². The normalized spacial score (nSPS) is 40.7. The first-order valence-corrected chi connectivity index (χ1v) is 7.82. The second kappa shape index (κ2) is 3.74. The number of aliphatic hydroxyl groups is 1. The molecule has 88 valence electrons. The Morgan fingerprint density at radius 3 is 2.27 bits per heavy atom. The monoisotopic (exact) mass is 232 g/mol. The molecular weight excluding hydrogens is 212 g/mol. The van der Waals surface area contributed by atoms with Crippen LogP contribution in [0.3, 0.4) is 0 Å². The first kappa shape index (κ1) is 11.4. The van der Waals surface area contributed by atoms with Crippen molar-refractivity contribution in [3.63, 3.8) is 0 Å². The zero-order valence-electron chi connectivity index (χ0n) is 9.28. The van der Waals surface area contributed by atoms with Gasteiger partial charge in [-0.25, -0.2) is 8.42 Å². The van der Waals surface area contributed by atoms with Crippen LogP contribution in [0.4, 0.5) is 0 Å². The molecule has 2 atom stereocenters. The number of sulfone groups is 1. The third-order valence-electron chi connectivity index (χ3n) is 3.93. The molecule has 2 bridgehead atoms. The first-order chi connectivity index (χ1) is 6.86. The van der Waals surface area contributed by atoms with Gasteiger partial charge in [0, 0.05) is 6.26 Å². The molecule has 0 aromatic heterocycles. The molecule has 0 heterocycles.